The smallest absolute Gasteiger partial charge is 0.205 e. The van der Waals surface area contributed by atoms with Crippen LogP contribution in [-0.2, 0) is 16.1 Å². The number of hydrogen-bond acceptors (Lipinski definition) is 6. The number of para-hydroxylation sites is 2. The van der Waals surface area contributed by atoms with Gasteiger partial charge in [-0.25, -0.2) is 4.98 Å². The van der Waals surface area contributed by atoms with Crippen LogP contribution in [0.3, 0.4) is 0 Å². The lowest BCUT2D eigenvalue weighted by atomic mass is 9.80. The molecular formula is C23H20N4O2S. The van der Waals surface area contributed by atoms with Crippen molar-refractivity contribution in [1.29, 1.82) is 5.26 Å². The van der Waals surface area contributed by atoms with E-state index in [-0.39, 0.29) is 11.7 Å². The van der Waals surface area contributed by atoms with Crippen LogP contribution in [0.15, 0.2) is 59.4 Å². The van der Waals surface area contributed by atoms with Gasteiger partial charge in [-0.1, -0.05) is 12.1 Å². The summed E-state index contributed by atoms with van der Waals surface area (Å²) in [6.07, 6.45) is 3.76. The molecule has 30 heavy (non-hydrogen) atoms. The first-order valence-electron chi connectivity index (χ1n) is 9.89. The van der Waals surface area contributed by atoms with Crippen LogP contribution in [0.25, 0.3) is 11.0 Å². The van der Waals surface area contributed by atoms with Crippen LogP contribution in [0.5, 0.6) is 0 Å². The molecule has 1 aromatic carbocycles. The highest BCUT2D eigenvalue weighted by Crippen LogP contribution is 2.45. The average Bonchev–Trinajstić information content (AvgIpc) is 3.31. The van der Waals surface area contributed by atoms with E-state index in [0.717, 1.165) is 32.8 Å². The third-order valence-electron chi connectivity index (χ3n) is 5.80. The van der Waals surface area contributed by atoms with Crippen molar-refractivity contribution in [2.24, 2.45) is 5.73 Å². The van der Waals surface area contributed by atoms with Gasteiger partial charge in [0.25, 0.3) is 0 Å². The Labute approximate surface area is 177 Å². The van der Waals surface area contributed by atoms with Gasteiger partial charge < -0.3 is 15.0 Å². The van der Waals surface area contributed by atoms with Crippen LogP contribution in [0.1, 0.15) is 40.5 Å². The molecular weight excluding hydrogens is 396 g/mol. The molecule has 1 atom stereocenters. The van der Waals surface area contributed by atoms with Crippen LogP contribution in [-0.4, -0.2) is 15.3 Å². The zero-order valence-corrected chi connectivity index (χ0v) is 17.3. The summed E-state index contributed by atoms with van der Waals surface area (Å²) in [6.45, 7) is 2.74. The van der Waals surface area contributed by atoms with Crippen molar-refractivity contribution in [1.82, 2.24) is 9.55 Å². The second-order valence-electron chi connectivity index (χ2n) is 7.63. The third kappa shape index (κ3) is 2.92. The van der Waals surface area contributed by atoms with Gasteiger partial charge in [0.15, 0.2) is 5.78 Å². The number of thiophene rings is 1. The summed E-state index contributed by atoms with van der Waals surface area (Å²) in [6, 6.07) is 12.3. The van der Waals surface area contributed by atoms with E-state index in [9.17, 15) is 10.1 Å². The fourth-order valence-electron chi connectivity index (χ4n) is 4.30. The lowest BCUT2D eigenvalue weighted by Crippen LogP contribution is -2.27. The van der Waals surface area contributed by atoms with E-state index in [1.807, 2.05) is 24.5 Å². The first kappa shape index (κ1) is 18.6. The van der Waals surface area contributed by atoms with Crippen molar-refractivity contribution in [2.45, 2.75) is 38.6 Å². The molecule has 0 bridgehead atoms. The topological polar surface area (TPSA) is 93.9 Å². The zero-order chi connectivity index (χ0) is 20.8. The van der Waals surface area contributed by atoms with Crippen molar-refractivity contribution in [3.63, 3.8) is 0 Å². The highest BCUT2D eigenvalue weighted by atomic mass is 32.1. The Balaban J connectivity index is 1.57. The van der Waals surface area contributed by atoms with Crippen LogP contribution >= 0.6 is 11.3 Å². The lowest BCUT2D eigenvalue weighted by molar-refractivity contribution is -0.116. The third-order valence-corrected chi connectivity index (χ3v) is 6.95. The summed E-state index contributed by atoms with van der Waals surface area (Å²) in [7, 11) is 0. The maximum Gasteiger partial charge on any atom is 0.205 e. The maximum absolute atomic E-state index is 12.8. The summed E-state index contributed by atoms with van der Waals surface area (Å²) in [5, 5.41) is 9.76. The number of carbonyl (C=O) groups is 1. The monoisotopic (exact) mass is 416 g/mol. The fraction of sp³-hybridized carbons (Fsp3) is 0.261. The first-order chi connectivity index (χ1) is 14.6. The second-order valence-corrected chi connectivity index (χ2v) is 8.92. The minimum atomic E-state index is -0.441. The van der Waals surface area contributed by atoms with E-state index >= 15 is 0 Å². The number of nitriles is 1. The number of rotatable bonds is 3. The molecule has 0 radical (unpaired) electrons. The van der Waals surface area contributed by atoms with Gasteiger partial charge in [-0.05, 0) is 37.1 Å². The minimum Gasteiger partial charge on any atom is -0.444 e. The lowest BCUT2D eigenvalue weighted by Gasteiger charge is -2.30. The van der Waals surface area contributed by atoms with Gasteiger partial charge in [0.1, 0.15) is 17.4 Å². The molecule has 3 aromatic rings. The molecule has 0 fully saturated rings. The number of fused-ring (bicyclic) bond motifs is 1. The number of carbonyl (C=O) groups excluding carboxylic acids is 1. The Hall–Kier alpha value is -3.37. The molecule has 1 unspecified atom stereocenters. The van der Waals surface area contributed by atoms with Gasteiger partial charge in [-0.15, -0.1) is 11.3 Å². The van der Waals surface area contributed by atoms with E-state index in [2.05, 4.69) is 34.7 Å². The summed E-state index contributed by atoms with van der Waals surface area (Å²) < 4.78 is 7.79. The summed E-state index contributed by atoms with van der Waals surface area (Å²) >= 11 is 1.61. The van der Waals surface area contributed by atoms with E-state index in [1.54, 1.807) is 11.3 Å². The van der Waals surface area contributed by atoms with Crippen LogP contribution in [0.2, 0.25) is 0 Å². The van der Waals surface area contributed by atoms with Crippen molar-refractivity contribution >= 4 is 28.2 Å². The Bertz CT molecular complexity index is 1290. The van der Waals surface area contributed by atoms with Crippen LogP contribution in [0.4, 0.5) is 0 Å². The van der Waals surface area contributed by atoms with Gasteiger partial charge >= 0.3 is 0 Å². The Morgan fingerprint density at radius 1 is 1.37 bits per heavy atom. The van der Waals surface area contributed by atoms with Gasteiger partial charge in [0, 0.05) is 28.2 Å². The van der Waals surface area contributed by atoms with Gasteiger partial charge in [0.2, 0.25) is 5.88 Å². The van der Waals surface area contributed by atoms with E-state index in [0.29, 0.717) is 36.3 Å². The predicted octanol–water partition coefficient (Wildman–Crippen LogP) is 4.27. The summed E-state index contributed by atoms with van der Waals surface area (Å²) in [4.78, 5) is 19.3. The maximum atomic E-state index is 12.8. The molecule has 0 amide bonds. The number of allylic oxidation sites excluding steroid dienone is 3. The van der Waals surface area contributed by atoms with Crippen molar-refractivity contribution in [3.8, 4) is 6.07 Å². The van der Waals surface area contributed by atoms with Crippen molar-refractivity contribution in [2.75, 3.05) is 0 Å². The van der Waals surface area contributed by atoms with E-state index in [4.69, 9.17) is 10.5 Å². The van der Waals surface area contributed by atoms with Crippen LogP contribution in [0, 0.1) is 18.3 Å². The number of nitrogens with zero attached hydrogens (tertiary/aromatic N) is 3. The van der Waals surface area contributed by atoms with Crippen LogP contribution < -0.4 is 5.73 Å². The molecule has 7 heteroatoms. The molecule has 2 aromatic heterocycles. The molecule has 3 heterocycles. The molecule has 6 nitrogen and oxygen atoms in total. The molecule has 0 saturated heterocycles. The second kappa shape index (κ2) is 7.15. The Kier molecular flexibility index (Phi) is 4.44. The number of Topliss-reactive ketones (excluding diaryl/α,β-unsaturated/α-hetero) is 1. The Morgan fingerprint density at radius 3 is 3.03 bits per heavy atom. The molecule has 0 saturated carbocycles. The molecule has 2 N–H and O–H groups in total. The number of hydrogen-bond donors (Lipinski definition) is 1. The zero-order valence-electron chi connectivity index (χ0n) is 16.5. The van der Waals surface area contributed by atoms with Gasteiger partial charge in [0.05, 0.1) is 29.8 Å². The van der Waals surface area contributed by atoms with Crippen molar-refractivity contribution < 1.29 is 9.53 Å². The number of imidazole rings is 1. The van der Waals surface area contributed by atoms with Gasteiger partial charge in [-0.3, -0.25) is 4.79 Å². The van der Waals surface area contributed by atoms with E-state index in [1.165, 1.54) is 0 Å². The molecule has 1 aliphatic carbocycles. The largest absolute Gasteiger partial charge is 0.444 e. The fourth-order valence-corrected chi connectivity index (χ4v) is 5.47. The number of ether oxygens (including phenoxy) is 1. The highest BCUT2D eigenvalue weighted by molar-refractivity contribution is 7.12. The minimum absolute atomic E-state index is 0.0507. The standard InChI is InChI=1S/C23H20N4O2S/c1-13-14(11-27-12-26-16-5-2-3-6-17(16)27)9-20(30-13)21-15(10-24)23(25)29-19-8-4-7-18(28)22(19)21/h2-3,5-6,9,12,21H,4,7-8,11,25H2,1H3. The number of aryl methyl sites for hydroxylation is 1. The molecule has 0 spiro atoms. The number of nitrogens with two attached hydrogens (primary N) is 1. The molecule has 1 aliphatic heterocycles. The Morgan fingerprint density at radius 2 is 2.20 bits per heavy atom. The molecule has 150 valence electrons. The van der Waals surface area contributed by atoms with E-state index < -0.39 is 5.92 Å². The predicted molar refractivity (Wildman–Crippen MR) is 114 cm³/mol. The summed E-state index contributed by atoms with van der Waals surface area (Å²) in [5.41, 5.74) is 10.2. The van der Waals surface area contributed by atoms with Gasteiger partial charge in [-0.2, -0.15) is 5.26 Å². The average molecular weight is 417 g/mol. The quantitative estimate of drug-likeness (QED) is 0.688. The highest BCUT2D eigenvalue weighted by Gasteiger charge is 2.39. The number of benzene rings is 1. The molecule has 5 rings (SSSR count). The first-order valence-corrected chi connectivity index (χ1v) is 10.7. The van der Waals surface area contributed by atoms with Crippen molar-refractivity contribution in [3.05, 3.63) is 74.8 Å². The molecule has 2 aliphatic rings. The normalized spacial score (nSPS) is 19.1. The summed E-state index contributed by atoms with van der Waals surface area (Å²) in [5.74, 6) is 0.350. The number of ketones is 1. The number of aromatic nitrogens is 2. The SMILES string of the molecule is Cc1sc(C2C(C#N)=C(N)OC3=C2C(=O)CCC3)cc1Cn1cnc2ccccc21.